The molecule has 0 bridgehead atoms. The van der Waals surface area contributed by atoms with Crippen LogP contribution in [0.2, 0.25) is 5.02 Å². The van der Waals surface area contributed by atoms with Crippen molar-refractivity contribution < 1.29 is 18.0 Å². The summed E-state index contributed by atoms with van der Waals surface area (Å²) in [5.41, 5.74) is -1.82. The van der Waals surface area contributed by atoms with Gasteiger partial charge in [0.2, 0.25) is 0 Å². The van der Waals surface area contributed by atoms with E-state index in [-0.39, 0.29) is 40.7 Å². The molecule has 4 rings (SSSR count). The molecule has 0 saturated carbocycles. The Morgan fingerprint density at radius 3 is 2.33 bits per heavy atom. The number of carbonyl (C=O) groups excluding carboxylic acids is 1. The fraction of sp³-hybridized carbons (Fsp3) is 0.350. The quantitative estimate of drug-likeness (QED) is 0.551. The van der Waals surface area contributed by atoms with E-state index in [0.29, 0.717) is 13.1 Å². The number of halogens is 4. The second kappa shape index (κ2) is 8.18. The van der Waals surface area contributed by atoms with Crippen molar-refractivity contribution in [3.05, 3.63) is 61.5 Å². The first-order valence-corrected chi connectivity index (χ1v) is 10.2. The van der Waals surface area contributed by atoms with E-state index in [0.717, 1.165) is 16.8 Å². The number of piperazine rings is 1. The smallest absolute Gasteiger partial charge is 0.352 e. The van der Waals surface area contributed by atoms with Gasteiger partial charge in [-0.1, -0.05) is 11.6 Å². The maximum absolute atomic E-state index is 13.0. The zero-order valence-electron chi connectivity index (χ0n) is 17.6. The molecule has 4 heterocycles. The van der Waals surface area contributed by atoms with E-state index in [1.54, 1.807) is 4.90 Å². The van der Waals surface area contributed by atoms with E-state index >= 15 is 0 Å². The maximum atomic E-state index is 13.0. The molecule has 3 aromatic rings. The third-order valence-corrected chi connectivity index (χ3v) is 5.81. The number of aromatic nitrogens is 4. The topological polar surface area (TPSA) is 93.3 Å². The predicted molar refractivity (Wildman–Crippen MR) is 115 cm³/mol. The number of aryl methyl sites for hydroxylation is 1. The number of alkyl halides is 3. The van der Waals surface area contributed by atoms with Gasteiger partial charge in [0.25, 0.3) is 11.5 Å². The van der Waals surface area contributed by atoms with Gasteiger partial charge in [-0.3, -0.25) is 18.7 Å². The van der Waals surface area contributed by atoms with Gasteiger partial charge in [0.05, 0.1) is 16.0 Å². The number of anilines is 1. The maximum Gasteiger partial charge on any atom is 0.417 e. The van der Waals surface area contributed by atoms with Gasteiger partial charge in [-0.2, -0.15) is 13.2 Å². The largest absolute Gasteiger partial charge is 0.417 e. The normalized spacial score (nSPS) is 14.7. The number of fused-ring (bicyclic) bond motifs is 1. The molecular formula is C20H18ClF3N6O3. The lowest BCUT2D eigenvalue weighted by molar-refractivity contribution is -0.137. The van der Waals surface area contributed by atoms with E-state index in [2.05, 4.69) is 9.97 Å². The number of hydrogen-bond donors (Lipinski definition) is 0. The Bertz CT molecular complexity index is 1380. The van der Waals surface area contributed by atoms with Gasteiger partial charge in [0.15, 0.2) is 0 Å². The van der Waals surface area contributed by atoms with Crippen molar-refractivity contribution in [1.82, 2.24) is 24.0 Å². The Labute approximate surface area is 189 Å². The summed E-state index contributed by atoms with van der Waals surface area (Å²) in [6, 6.07) is 3.71. The molecule has 0 unspecified atom stereocenters. The minimum Gasteiger partial charge on any atom is -0.352 e. The molecule has 0 atom stereocenters. The monoisotopic (exact) mass is 482 g/mol. The lowest BCUT2D eigenvalue weighted by atomic mass is 10.2. The molecule has 0 spiro atoms. The summed E-state index contributed by atoms with van der Waals surface area (Å²) in [5.74, 6) is -0.178. The molecule has 1 fully saturated rings. The summed E-state index contributed by atoms with van der Waals surface area (Å²) in [6.07, 6.45) is -3.81. The highest BCUT2D eigenvalue weighted by molar-refractivity contribution is 6.33. The van der Waals surface area contributed by atoms with E-state index < -0.39 is 28.9 Å². The van der Waals surface area contributed by atoms with Crippen molar-refractivity contribution in [1.29, 1.82) is 0 Å². The fourth-order valence-electron chi connectivity index (χ4n) is 3.68. The van der Waals surface area contributed by atoms with Crippen LogP contribution in [-0.4, -0.2) is 56.1 Å². The summed E-state index contributed by atoms with van der Waals surface area (Å²) in [4.78, 5) is 48.7. The second-order valence-corrected chi connectivity index (χ2v) is 7.99. The first kappa shape index (κ1) is 22.8. The van der Waals surface area contributed by atoms with E-state index in [1.165, 1.54) is 35.7 Å². The van der Waals surface area contributed by atoms with Crippen molar-refractivity contribution in [3.63, 3.8) is 0 Å². The van der Waals surface area contributed by atoms with E-state index in [9.17, 15) is 27.6 Å². The molecule has 0 radical (unpaired) electrons. The molecule has 33 heavy (non-hydrogen) atoms. The van der Waals surface area contributed by atoms with Crippen LogP contribution in [0.5, 0.6) is 0 Å². The SMILES string of the molecule is Cn1c(=O)c2ccc(C(=O)N3CCN(c4ncc(C(F)(F)F)cc4Cl)CC3)nc2n(C)c1=O. The molecule has 9 nitrogen and oxygen atoms in total. The molecule has 1 aliphatic heterocycles. The minimum absolute atomic E-state index is 0.0740. The Kier molecular flexibility index (Phi) is 5.64. The number of nitrogens with zero attached hydrogens (tertiary/aromatic N) is 6. The number of carbonyl (C=O) groups is 1. The van der Waals surface area contributed by atoms with Gasteiger partial charge in [-0.25, -0.2) is 14.8 Å². The van der Waals surface area contributed by atoms with Crippen molar-refractivity contribution >= 4 is 34.4 Å². The molecular weight excluding hydrogens is 465 g/mol. The van der Waals surface area contributed by atoms with Gasteiger partial charge >= 0.3 is 11.9 Å². The minimum atomic E-state index is -4.54. The third kappa shape index (κ3) is 4.06. The number of rotatable bonds is 2. The average Bonchev–Trinajstić information content (AvgIpc) is 2.80. The van der Waals surface area contributed by atoms with Crippen LogP contribution in [0, 0.1) is 0 Å². The zero-order chi connectivity index (χ0) is 24.1. The van der Waals surface area contributed by atoms with Crippen LogP contribution in [-0.2, 0) is 20.3 Å². The Hall–Kier alpha value is -3.41. The van der Waals surface area contributed by atoms with Crippen LogP contribution in [0.15, 0.2) is 34.0 Å². The molecule has 0 aromatic carbocycles. The number of amides is 1. The first-order valence-electron chi connectivity index (χ1n) is 9.83. The van der Waals surface area contributed by atoms with Gasteiger partial charge < -0.3 is 9.80 Å². The third-order valence-electron chi connectivity index (χ3n) is 5.54. The van der Waals surface area contributed by atoms with Crippen LogP contribution < -0.4 is 16.1 Å². The molecule has 0 N–H and O–H groups in total. The van der Waals surface area contributed by atoms with E-state index in [4.69, 9.17) is 11.6 Å². The van der Waals surface area contributed by atoms with Crippen molar-refractivity contribution in [2.24, 2.45) is 14.1 Å². The van der Waals surface area contributed by atoms with Crippen molar-refractivity contribution in [2.45, 2.75) is 6.18 Å². The highest BCUT2D eigenvalue weighted by Gasteiger charge is 2.32. The Balaban J connectivity index is 1.53. The molecule has 3 aromatic heterocycles. The summed E-state index contributed by atoms with van der Waals surface area (Å²) >= 11 is 6.02. The summed E-state index contributed by atoms with van der Waals surface area (Å²) in [6.45, 7) is 1.12. The summed E-state index contributed by atoms with van der Waals surface area (Å²) in [5, 5.41) is 0.0901. The van der Waals surface area contributed by atoms with Crippen LogP contribution in [0.4, 0.5) is 19.0 Å². The summed E-state index contributed by atoms with van der Waals surface area (Å²) < 4.78 is 40.7. The highest BCUT2D eigenvalue weighted by atomic mass is 35.5. The lowest BCUT2D eigenvalue weighted by Gasteiger charge is -2.35. The zero-order valence-corrected chi connectivity index (χ0v) is 18.3. The number of hydrogen-bond acceptors (Lipinski definition) is 6. The molecule has 1 saturated heterocycles. The van der Waals surface area contributed by atoms with Crippen LogP contribution in [0.3, 0.4) is 0 Å². The molecule has 0 aliphatic carbocycles. The van der Waals surface area contributed by atoms with Crippen LogP contribution >= 0.6 is 11.6 Å². The molecule has 13 heteroatoms. The van der Waals surface area contributed by atoms with Gasteiger partial charge in [0, 0.05) is 46.5 Å². The predicted octanol–water partition coefficient (Wildman–Crippen LogP) is 1.66. The fourth-order valence-corrected chi connectivity index (χ4v) is 3.96. The van der Waals surface area contributed by atoms with Crippen LogP contribution in [0.25, 0.3) is 11.0 Å². The molecule has 1 aliphatic rings. The van der Waals surface area contributed by atoms with Crippen molar-refractivity contribution in [2.75, 3.05) is 31.1 Å². The number of pyridine rings is 2. The molecule has 174 valence electrons. The highest BCUT2D eigenvalue weighted by Crippen LogP contribution is 2.33. The molecule has 1 amide bonds. The van der Waals surface area contributed by atoms with Gasteiger partial charge in [-0.05, 0) is 18.2 Å². The van der Waals surface area contributed by atoms with E-state index in [1.807, 2.05) is 0 Å². The average molecular weight is 483 g/mol. The van der Waals surface area contributed by atoms with Crippen LogP contribution in [0.1, 0.15) is 16.1 Å². The lowest BCUT2D eigenvalue weighted by Crippen LogP contribution is -2.49. The Morgan fingerprint density at radius 1 is 1.06 bits per heavy atom. The standard InChI is InChI=1S/C20H18ClF3N6O3/c1-27-15-12(17(31)28(2)19(27)33)3-4-14(26-15)18(32)30-7-5-29(6-8-30)16-13(21)9-11(10-25-16)20(22,23)24/h3-4,9-10H,5-8H2,1-2H3. The summed E-state index contributed by atoms with van der Waals surface area (Å²) in [7, 11) is 2.82. The second-order valence-electron chi connectivity index (χ2n) is 7.58. The van der Waals surface area contributed by atoms with Gasteiger partial charge in [-0.15, -0.1) is 0 Å². The van der Waals surface area contributed by atoms with Crippen molar-refractivity contribution in [3.8, 4) is 0 Å². The Morgan fingerprint density at radius 2 is 1.73 bits per heavy atom. The first-order chi connectivity index (χ1) is 15.5. The van der Waals surface area contributed by atoms with Gasteiger partial charge in [0.1, 0.15) is 17.2 Å².